The summed E-state index contributed by atoms with van der Waals surface area (Å²) in [6.07, 6.45) is 1.13. The molecule has 0 saturated heterocycles. The third-order valence-electron chi connectivity index (χ3n) is 8.14. The number of carbonyl (C=O) groups is 2. The predicted molar refractivity (Wildman–Crippen MR) is 163 cm³/mol. The quantitative estimate of drug-likeness (QED) is 0.258. The molecule has 0 saturated carbocycles. The van der Waals surface area contributed by atoms with Crippen LogP contribution in [0.5, 0.6) is 5.75 Å². The average molecular weight is 608 g/mol. The summed E-state index contributed by atoms with van der Waals surface area (Å²) in [5.74, 6) is -1.42. The van der Waals surface area contributed by atoms with E-state index in [0.717, 1.165) is 27.8 Å². The molecule has 4 aromatic rings. The van der Waals surface area contributed by atoms with Gasteiger partial charge in [-0.1, -0.05) is 54.6 Å². The summed E-state index contributed by atoms with van der Waals surface area (Å²) in [5, 5.41) is 22.4. The molecule has 10 heteroatoms. The molecular formula is C34H29N3O6S. The number of amides is 1. The van der Waals surface area contributed by atoms with Crippen LogP contribution in [-0.2, 0) is 34.2 Å². The zero-order chi connectivity index (χ0) is 31.0. The van der Waals surface area contributed by atoms with Gasteiger partial charge in [0.2, 0.25) is 10.0 Å². The van der Waals surface area contributed by atoms with Crippen LogP contribution >= 0.6 is 0 Å². The molecule has 1 aliphatic carbocycles. The maximum Gasteiger partial charge on any atom is 0.330 e. The number of nitriles is 1. The SMILES string of the molecule is CCOc1ccc(S(=O)(=O)N2CCc3ccc(C(NC(=O)c4cccc5c4-c4ccccc4C5)C(=O)O)cc3C2)cc1C#N. The van der Waals surface area contributed by atoms with Crippen LogP contribution < -0.4 is 10.1 Å². The lowest BCUT2D eigenvalue weighted by molar-refractivity contribution is -0.139. The highest BCUT2D eigenvalue weighted by Gasteiger charge is 2.32. The second kappa shape index (κ2) is 11.6. The number of carbonyl (C=O) groups excluding carboxylic acids is 1. The largest absolute Gasteiger partial charge is 0.492 e. The fourth-order valence-corrected chi connectivity index (χ4v) is 7.44. The Hall–Kier alpha value is -4.98. The minimum absolute atomic E-state index is 0.0177. The van der Waals surface area contributed by atoms with Crippen molar-refractivity contribution >= 4 is 21.9 Å². The van der Waals surface area contributed by atoms with E-state index in [2.05, 4.69) is 5.32 Å². The van der Waals surface area contributed by atoms with Crippen molar-refractivity contribution in [2.24, 2.45) is 0 Å². The number of hydrogen-bond acceptors (Lipinski definition) is 6. The highest BCUT2D eigenvalue weighted by Crippen LogP contribution is 2.39. The van der Waals surface area contributed by atoms with Crippen molar-refractivity contribution in [1.82, 2.24) is 9.62 Å². The Morgan fingerprint density at radius 2 is 1.80 bits per heavy atom. The minimum Gasteiger partial charge on any atom is -0.492 e. The Bertz CT molecular complexity index is 1960. The van der Waals surface area contributed by atoms with Gasteiger partial charge in [-0.15, -0.1) is 0 Å². The van der Waals surface area contributed by atoms with E-state index < -0.39 is 27.9 Å². The molecule has 1 aliphatic heterocycles. The third-order valence-corrected chi connectivity index (χ3v) is 9.98. The van der Waals surface area contributed by atoms with E-state index in [4.69, 9.17) is 4.74 Å². The Morgan fingerprint density at radius 3 is 2.57 bits per heavy atom. The summed E-state index contributed by atoms with van der Waals surface area (Å²) in [6, 6.07) is 23.3. The van der Waals surface area contributed by atoms with Crippen LogP contribution in [0.3, 0.4) is 0 Å². The lowest BCUT2D eigenvalue weighted by Crippen LogP contribution is -2.37. The molecule has 4 aromatic carbocycles. The molecule has 1 heterocycles. The first-order valence-electron chi connectivity index (χ1n) is 14.2. The van der Waals surface area contributed by atoms with Crippen molar-refractivity contribution in [2.75, 3.05) is 13.2 Å². The van der Waals surface area contributed by atoms with Crippen LogP contribution in [0, 0.1) is 11.3 Å². The molecule has 1 unspecified atom stereocenters. The molecular weight excluding hydrogens is 578 g/mol. The van der Waals surface area contributed by atoms with E-state index in [1.807, 2.05) is 36.4 Å². The van der Waals surface area contributed by atoms with Crippen molar-refractivity contribution < 1.29 is 27.9 Å². The molecule has 44 heavy (non-hydrogen) atoms. The molecule has 0 bridgehead atoms. The molecule has 1 atom stereocenters. The molecule has 0 aromatic heterocycles. The summed E-state index contributed by atoms with van der Waals surface area (Å²) in [4.78, 5) is 26.0. The van der Waals surface area contributed by atoms with Crippen LogP contribution in [0.15, 0.2) is 83.8 Å². The summed E-state index contributed by atoms with van der Waals surface area (Å²) in [5.41, 5.74) is 6.31. The van der Waals surface area contributed by atoms with Crippen LogP contribution in [0.2, 0.25) is 0 Å². The summed E-state index contributed by atoms with van der Waals surface area (Å²) < 4.78 is 33.9. The summed E-state index contributed by atoms with van der Waals surface area (Å²) in [6.45, 7) is 2.36. The van der Waals surface area contributed by atoms with E-state index in [9.17, 15) is 28.4 Å². The molecule has 9 nitrogen and oxygen atoms in total. The molecule has 0 fully saturated rings. The monoisotopic (exact) mass is 607 g/mol. The molecule has 2 aliphatic rings. The molecule has 0 radical (unpaired) electrons. The van der Waals surface area contributed by atoms with E-state index in [1.54, 1.807) is 37.3 Å². The standard InChI is InChI=1S/C34H29N3O6S/c1-2-43-30-13-12-27(18-25(30)19-35)44(41,42)37-15-14-21-10-11-24(17-26(21)20-37)32(34(39)40)36-33(38)29-9-5-7-23-16-22-6-3-4-8-28(22)31(23)29/h3-13,17-18,32H,2,14-16,20H2,1H3,(H,36,38)(H,39,40). The first kappa shape index (κ1) is 29.1. The van der Waals surface area contributed by atoms with Gasteiger partial charge < -0.3 is 15.2 Å². The normalized spacial score (nSPS) is 14.5. The zero-order valence-electron chi connectivity index (χ0n) is 23.9. The van der Waals surface area contributed by atoms with Gasteiger partial charge in [0.15, 0.2) is 6.04 Å². The second-order valence-electron chi connectivity index (χ2n) is 10.7. The van der Waals surface area contributed by atoms with Crippen molar-refractivity contribution in [2.45, 2.75) is 37.2 Å². The lowest BCUT2D eigenvalue weighted by Gasteiger charge is -2.29. The van der Waals surface area contributed by atoms with Crippen LogP contribution in [0.25, 0.3) is 11.1 Å². The highest BCUT2D eigenvalue weighted by atomic mass is 32.2. The van der Waals surface area contributed by atoms with Gasteiger partial charge in [-0.25, -0.2) is 13.2 Å². The molecule has 6 rings (SSSR count). The number of hydrogen-bond donors (Lipinski definition) is 2. The van der Waals surface area contributed by atoms with E-state index in [1.165, 1.54) is 22.5 Å². The maximum atomic E-state index is 13.6. The smallest absolute Gasteiger partial charge is 0.330 e. The van der Waals surface area contributed by atoms with Crippen molar-refractivity contribution in [3.63, 3.8) is 0 Å². The molecule has 2 N–H and O–H groups in total. The second-order valence-corrected chi connectivity index (χ2v) is 12.7. The van der Waals surface area contributed by atoms with Crippen LogP contribution in [0.1, 0.15) is 56.7 Å². The molecule has 222 valence electrons. The number of carboxylic acid groups (broad SMARTS) is 1. The Morgan fingerprint density at radius 1 is 1.00 bits per heavy atom. The molecule has 1 amide bonds. The number of nitrogens with one attached hydrogen (secondary N) is 1. The van der Waals surface area contributed by atoms with Crippen LogP contribution in [-0.4, -0.2) is 42.9 Å². The first-order chi connectivity index (χ1) is 21.2. The van der Waals surface area contributed by atoms with E-state index in [-0.39, 0.29) is 23.5 Å². The number of rotatable bonds is 8. The van der Waals surface area contributed by atoms with Gasteiger partial charge in [-0.3, -0.25) is 4.79 Å². The number of aliphatic carboxylic acids is 1. The zero-order valence-corrected chi connectivity index (χ0v) is 24.7. The molecule has 0 spiro atoms. The topological polar surface area (TPSA) is 137 Å². The Balaban J connectivity index is 1.26. The van der Waals surface area contributed by atoms with Crippen molar-refractivity contribution in [3.05, 3.63) is 118 Å². The summed E-state index contributed by atoms with van der Waals surface area (Å²) in [7, 11) is -3.96. The van der Waals surface area contributed by atoms with E-state index >= 15 is 0 Å². The average Bonchev–Trinajstić information content (AvgIpc) is 3.42. The maximum absolute atomic E-state index is 13.6. The number of ether oxygens (including phenoxy) is 1. The number of sulfonamides is 1. The number of carboxylic acids is 1. The Kier molecular flexibility index (Phi) is 7.67. The predicted octanol–water partition coefficient (Wildman–Crippen LogP) is 4.83. The van der Waals surface area contributed by atoms with Gasteiger partial charge in [0, 0.05) is 18.7 Å². The highest BCUT2D eigenvalue weighted by molar-refractivity contribution is 7.89. The van der Waals surface area contributed by atoms with Gasteiger partial charge in [-0.2, -0.15) is 9.57 Å². The summed E-state index contributed by atoms with van der Waals surface area (Å²) >= 11 is 0. The fraction of sp³-hybridized carbons (Fsp3) is 0.206. The van der Waals surface area contributed by atoms with Gasteiger partial charge in [-0.05, 0) is 83.0 Å². The van der Waals surface area contributed by atoms with Gasteiger partial charge in [0.25, 0.3) is 5.91 Å². The first-order valence-corrected chi connectivity index (χ1v) is 15.7. The number of fused-ring (bicyclic) bond motifs is 4. The Labute approximate surface area is 255 Å². The van der Waals surface area contributed by atoms with Crippen LogP contribution in [0.4, 0.5) is 0 Å². The van der Waals surface area contributed by atoms with E-state index in [0.29, 0.717) is 41.9 Å². The van der Waals surface area contributed by atoms with Gasteiger partial charge in [0.1, 0.15) is 11.8 Å². The van der Waals surface area contributed by atoms with Crippen molar-refractivity contribution in [1.29, 1.82) is 5.26 Å². The minimum atomic E-state index is -3.96. The lowest BCUT2D eigenvalue weighted by atomic mass is 9.95. The third kappa shape index (κ3) is 5.21. The van der Waals surface area contributed by atoms with Crippen molar-refractivity contribution in [3.8, 4) is 22.9 Å². The van der Waals surface area contributed by atoms with Gasteiger partial charge in [0.05, 0.1) is 17.1 Å². The van der Waals surface area contributed by atoms with Gasteiger partial charge >= 0.3 is 5.97 Å². The number of nitrogens with zero attached hydrogens (tertiary/aromatic N) is 2. The number of benzene rings is 4. The fourth-order valence-electron chi connectivity index (χ4n) is 6.00.